The minimum atomic E-state index is -1.08. The quantitative estimate of drug-likeness (QED) is 0.403. The number of hydrogen-bond acceptors (Lipinski definition) is 4. The molecule has 0 aromatic carbocycles. The second-order valence-corrected chi connectivity index (χ2v) is 5.79. The minimum absolute atomic E-state index is 0.0115. The lowest BCUT2D eigenvalue weighted by Crippen LogP contribution is -2.53. The van der Waals surface area contributed by atoms with Crippen molar-refractivity contribution in [2.24, 2.45) is 23.5 Å². The summed E-state index contributed by atoms with van der Waals surface area (Å²) in [6.45, 7) is 2.97. The summed E-state index contributed by atoms with van der Waals surface area (Å²) in [5.41, 5.74) is 5.10. The van der Waals surface area contributed by atoms with E-state index >= 15 is 0 Å². The highest BCUT2D eigenvalue weighted by atomic mass is 16.4. The molecule has 5 N–H and O–H groups in total. The van der Waals surface area contributed by atoms with Crippen LogP contribution in [-0.4, -0.2) is 41.7 Å². The van der Waals surface area contributed by atoms with Crippen molar-refractivity contribution in [1.29, 1.82) is 0 Å². The number of carbonyl (C=O) groups is 1. The Labute approximate surface area is 108 Å². The van der Waals surface area contributed by atoms with Crippen LogP contribution >= 0.6 is 0 Å². The molecule has 0 aromatic rings. The minimum Gasteiger partial charge on any atom is -0.480 e. The smallest absolute Gasteiger partial charge is 0.323 e. The molecule has 2 aliphatic rings. The number of nitrogens with two attached hydrogens (primary N) is 1. The number of nitrogens with one attached hydrogen (secondary N) is 1. The first-order valence-electron chi connectivity index (χ1n) is 6.72. The van der Waals surface area contributed by atoms with Gasteiger partial charge < -0.3 is 21.2 Å². The van der Waals surface area contributed by atoms with Crippen LogP contribution in [0.15, 0.2) is 0 Å². The molecule has 0 bridgehead atoms. The van der Waals surface area contributed by atoms with Crippen molar-refractivity contribution in [1.82, 2.24) is 5.32 Å². The van der Waals surface area contributed by atoms with E-state index in [4.69, 9.17) is 10.8 Å². The molecule has 6 heteroatoms. The van der Waals surface area contributed by atoms with Gasteiger partial charge in [0.2, 0.25) is 0 Å². The normalized spacial score (nSPS) is 42.8. The van der Waals surface area contributed by atoms with Gasteiger partial charge in [0, 0.05) is 6.04 Å². The SMILES string of the molecule is C[C@@H]1NC[C@@H]2[C@H]1CC(N)(C(=O)O)[C@H]2CCC[B]O. The molecular weight excluding hydrogens is 231 g/mol. The van der Waals surface area contributed by atoms with Gasteiger partial charge in [0.25, 0.3) is 7.48 Å². The molecule has 1 heterocycles. The van der Waals surface area contributed by atoms with Gasteiger partial charge in [-0.3, -0.25) is 4.79 Å². The number of fused-ring (bicyclic) bond motifs is 1. The van der Waals surface area contributed by atoms with Crippen LogP contribution in [0.1, 0.15) is 26.2 Å². The van der Waals surface area contributed by atoms with Crippen LogP contribution < -0.4 is 11.1 Å². The van der Waals surface area contributed by atoms with Crippen molar-refractivity contribution >= 4 is 13.5 Å². The van der Waals surface area contributed by atoms with Crippen LogP contribution in [0.5, 0.6) is 0 Å². The fraction of sp³-hybridized carbons (Fsp3) is 0.917. The Hall–Kier alpha value is -0.585. The van der Waals surface area contributed by atoms with E-state index in [0.717, 1.165) is 26.9 Å². The number of aliphatic carboxylic acids is 1. The van der Waals surface area contributed by atoms with E-state index in [1.807, 2.05) is 0 Å². The third-order valence-electron chi connectivity index (χ3n) is 4.87. The van der Waals surface area contributed by atoms with E-state index in [1.165, 1.54) is 0 Å². The lowest BCUT2D eigenvalue weighted by Gasteiger charge is -2.30. The van der Waals surface area contributed by atoms with Crippen molar-refractivity contribution in [3.8, 4) is 0 Å². The van der Waals surface area contributed by atoms with Crippen LogP contribution in [0.2, 0.25) is 6.32 Å². The molecule has 0 amide bonds. The fourth-order valence-electron chi connectivity index (χ4n) is 3.83. The highest BCUT2D eigenvalue weighted by Gasteiger charge is 2.58. The maximum Gasteiger partial charge on any atom is 0.323 e. The Bertz CT molecular complexity index is 328. The molecule has 0 aromatic heterocycles. The molecule has 2 rings (SSSR count). The predicted octanol–water partition coefficient (Wildman–Crippen LogP) is -0.177. The zero-order valence-corrected chi connectivity index (χ0v) is 10.8. The summed E-state index contributed by atoms with van der Waals surface area (Å²) in [7, 11) is 1.14. The van der Waals surface area contributed by atoms with Crippen LogP contribution in [0.3, 0.4) is 0 Å². The molecule has 1 saturated carbocycles. The van der Waals surface area contributed by atoms with Gasteiger partial charge in [-0.25, -0.2) is 0 Å². The van der Waals surface area contributed by atoms with Gasteiger partial charge in [-0.15, -0.1) is 0 Å². The molecular formula is C12H22BN2O3. The monoisotopic (exact) mass is 253 g/mol. The summed E-state index contributed by atoms with van der Waals surface area (Å²) in [5.74, 6) is -0.131. The Kier molecular flexibility index (Phi) is 3.99. The molecule has 2 fully saturated rings. The van der Waals surface area contributed by atoms with E-state index in [9.17, 15) is 9.90 Å². The summed E-state index contributed by atoms with van der Waals surface area (Å²) in [5, 5.41) is 21.6. The Morgan fingerprint density at radius 3 is 2.89 bits per heavy atom. The number of hydrogen-bond donors (Lipinski definition) is 4. The van der Waals surface area contributed by atoms with Gasteiger partial charge in [0.05, 0.1) is 0 Å². The average Bonchev–Trinajstić information content (AvgIpc) is 2.80. The molecule has 1 radical (unpaired) electrons. The lowest BCUT2D eigenvalue weighted by molar-refractivity contribution is -0.145. The molecule has 1 unspecified atom stereocenters. The first kappa shape index (κ1) is 13.8. The Morgan fingerprint density at radius 2 is 2.28 bits per heavy atom. The topological polar surface area (TPSA) is 95.6 Å². The van der Waals surface area contributed by atoms with Gasteiger partial charge in [-0.1, -0.05) is 12.7 Å². The predicted molar refractivity (Wildman–Crippen MR) is 69.1 cm³/mol. The molecule has 5 atom stereocenters. The molecule has 1 saturated heterocycles. The van der Waals surface area contributed by atoms with Crippen LogP contribution in [0.4, 0.5) is 0 Å². The van der Waals surface area contributed by atoms with E-state index in [1.54, 1.807) is 0 Å². The van der Waals surface area contributed by atoms with Crippen molar-refractivity contribution in [2.45, 2.75) is 44.1 Å². The third kappa shape index (κ3) is 2.17. The zero-order valence-electron chi connectivity index (χ0n) is 10.8. The lowest BCUT2D eigenvalue weighted by atomic mass is 9.78. The summed E-state index contributed by atoms with van der Waals surface area (Å²) in [4.78, 5) is 11.5. The molecule has 18 heavy (non-hydrogen) atoms. The summed E-state index contributed by atoms with van der Waals surface area (Å²) in [6, 6.07) is 0.353. The van der Waals surface area contributed by atoms with E-state index in [0.29, 0.717) is 30.6 Å². The molecule has 0 spiro atoms. The standard InChI is InChI=1S/C12H22BN2O3/c1-7-8-5-12(14,11(16)17)10(3-2-4-13-18)9(8)6-15-7/h7-10,15,18H,2-6,14H2,1H3,(H,16,17)/t7-,8-,9+,10-,12?/m0/s1. The second-order valence-electron chi connectivity index (χ2n) is 5.79. The van der Waals surface area contributed by atoms with Gasteiger partial charge in [-0.2, -0.15) is 0 Å². The van der Waals surface area contributed by atoms with Gasteiger partial charge in [0.15, 0.2) is 0 Å². The molecule has 101 valence electrons. The average molecular weight is 253 g/mol. The first-order valence-corrected chi connectivity index (χ1v) is 6.72. The molecule has 1 aliphatic heterocycles. The number of carboxylic acids is 1. The largest absolute Gasteiger partial charge is 0.480 e. The Morgan fingerprint density at radius 1 is 1.56 bits per heavy atom. The maximum atomic E-state index is 11.5. The Balaban J connectivity index is 2.12. The van der Waals surface area contributed by atoms with Crippen molar-refractivity contribution in [3.63, 3.8) is 0 Å². The van der Waals surface area contributed by atoms with Gasteiger partial charge in [-0.05, 0) is 44.1 Å². The van der Waals surface area contributed by atoms with E-state index < -0.39 is 11.5 Å². The highest BCUT2D eigenvalue weighted by Crippen LogP contribution is 2.49. The summed E-state index contributed by atoms with van der Waals surface area (Å²) >= 11 is 0. The van der Waals surface area contributed by atoms with Crippen molar-refractivity contribution in [3.05, 3.63) is 0 Å². The molecule has 5 nitrogen and oxygen atoms in total. The second kappa shape index (κ2) is 5.19. The van der Waals surface area contributed by atoms with Crippen molar-refractivity contribution < 1.29 is 14.9 Å². The van der Waals surface area contributed by atoms with Crippen LogP contribution in [0.25, 0.3) is 0 Å². The highest BCUT2D eigenvalue weighted by molar-refractivity contribution is 6.25. The maximum absolute atomic E-state index is 11.5. The third-order valence-corrected chi connectivity index (χ3v) is 4.87. The van der Waals surface area contributed by atoms with Crippen LogP contribution in [-0.2, 0) is 4.79 Å². The first-order chi connectivity index (χ1) is 8.50. The van der Waals surface area contributed by atoms with E-state index in [-0.39, 0.29) is 5.92 Å². The van der Waals surface area contributed by atoms with E-state index in [2.05, 4.69) is 12.2 Å². The number of carboxylic acid groups (broad SMARTS) is 1. The number of rotatable bonds is 5. The van der Waals surface area contributed by atoms with Gasteiger partial charge in [0.1, 0.15) is 5.54 Å². The summed E-state index contributed by atoms with van der Waals surface area (Å²) in [6.07, 6.45) is 2.74. The summed E-state index contributed by atoms with van der Waals surface area (Å²) < 4.78 is 0. The van der Waals surface area contributed by atoms with Gasteiger partial charge >= 0.3 is 5.97 Å². The zero-order chi connectivity index (χ0) is 13.3. The van der Waals surface area contributed by atoms with Crippen molar-refractivity contribution in [2.75, 3.05) is 6.54 Å². The molecule has 1 aliphatic carbocycles. The fourth-order valence-corrected chi connectivity index (χ4v) is 3.83. The van der Waals surface area contributed by atoms with Crippen LogP contribution in [0, 0.1) is 17.8 Å².